The molecule has 0 saturated carbocycles. The standard InChI is InChI=1S/C23H21ClN4O4S/c1-14-4-2-10-27-21(14)26-22-18(23(27)29)12-19(20(25)28(22)13-16-5-3-11-32-16)33(30,31)17-8-6-15(24)7-9-17/h2,4,6-10,12,16,25H,3,5,11,13H2,1H3/p+1/t16-/m1/s1. The largest absolute Gasteiger partial charge is 0.375 e. The number of rotatable bonds is 4. The van der Waals surface area contributed by atoms with Gasteiger partial charge in [0.15, 0.2) is 0 Å². The van der Waals surface area contributed by atoms with Crippen LogP contribution in [0.4, 0.5) is 5.82 Å². The van der Waals surface area contributed by atoms with Crippen molar-refractivity contribution in [2.45, 2.75) is 42.2 Å². The van der Waals surface area contributed by atoms with Crippen molar-refractivity contribution in [2.24, 2.45) is 0 Å². The maximum atomic E-state index is 13.5. The van der Waals surface area contributed by atoms with Gasteiger partial charge in [0.25, 0.3) is 11.2 Å². The fourth-order valence-corrected chi connectivity index (χ4v) is 5.75. The summed E-state index contributed by atoms with van der Waals surface area (Å²) < 4.78 is 35.9. The molecule has 33 heavy (non-hydrogen) atoms. The summed E-state index contributed by atoms with van der Waals surface area (Å²) >= 11 is 5.94. The first-order chi connectivity index (χ1) is 15.8. The van der Waals surface area contributed by atoms with Crippen molar-refractivity contribution in [3.63, 3.8) is 0 Å². The average molecular weight is 486 g/mol. The second-order valence-electron chi connectivity index (χ2n) is 8.14. The summed E-state index contributed by atoms with van der Waals surface area (Å²) in [6.07, 6.45) is 3.19. The predicted octanol–water partition coefficient (Wildman–Crippen LogP) is 2.69. The molecule has 8 nitrogen and oxygen atoms in total. The number of aryl methyl sites for hydroxylation is 1. The van der Waals surface area contributed by atoms with Crippen molar-refractivity contribution in [3.05, 3.63) is 69.6 Å². The third-order valence-electron chi connectivity index (χ3n) is 5.96. The van der Waals surface area contributed by atoms with Gasteiger partial charge in [-0.2, -0.15) is 0 Å². The summed E-state index contributed by atoms with van der Waals surface area (Å²) in [5.74, 6) is 0.0118. The Balaban J connectivity index is 1.84. The van der Waals surface area contributed by atoms with E-state index in [0.717, 1.165) is 18.4 Å². The summed E-state index contributed by atoms with van der Waals surface area (Å²) in [5.41, 5.74) is 7.74. The number of anilines is 1. The summed E-state index contributed by atoms with van der Waals surface area (Å²) in [4.78, 5) is 18.0. The number of ether oxygens (including phenoxy) is 1. The molecule has 1 atom stereocenters. The number of aromatic nitrogens is 3. The minimum atomic E-state index is -4.03. The summed E-state index contributed by atoms with van der Waals surface area (Å²) in [6.45, 7) is 2.78. The average Bonchev–Trinajstić information content (AvgIpc) is 3.30. The molecule has 1 aliphatic rings. The number of halogens is 1. The van der Waals surface area contributed by atoms with Crippen LogP contribution in [0.5, 0.6) is 0 Å². The summed E-state index contributed by atoms with van der Waals surface area (Å²) in [5, 5.41) is 0.580. The number of nitrogens with two attached hydrogens (primary N) is 1. The molecule has 2 N–H and O–H groups in total. The van der Waals surface area contributed by atoms with E-state index < -0.39 is 9.84 Å². The zero-order chi connectivity index (χ0) is 23.3. The molecule has 3 aromatic heterocycles. The van der Waals surface area contributed by atoms with Gasteiger partial charge in [-0.1, -0.05) is 22.7 Å². The Kier molecular flexibility index (Phi) is 5.35. The van der Waals surface area contributed by atoms with E-state index in [0.29, 0.717) is 29.5 Å². The van der Waals surface area contributed by atoms with Crippen molar-refractivity contribution in [2.75, 3.05) is 12.3 Å². The molecule has 0 spiro atoms. The van der Waals surface area contributed by atoms with Crippen LogP contribution < -0.4 is 15.9 Å². The number of hydrogen-bond donors (Lipinski definition) is 1. The molecule has 4 heterocycles. The van der Waals surface area contributed by atoms with Crippen LogP contribution in [0, 0.1) is 6.92 Å². The summed E-state index contributed by atoms with van der Waals surface area (Å²) in [6, 6.07) is 10.8. The lowest BCUT2D eigenvalue weighted by atomic mass is 10.2. The Morgan fingerprint density at radius 1 is 1.27 bits per heavy atom. The number of fused-ring (bicyclic) bond motifs is 2. The number of sulfone groups is 1. The molecule has 1 aliphatic heterocycles. The molecule has 0 unspecified atom stereocenters. The number of benzene rings is 1. The molecule has 1 saturated heterocycles. The zero-order valence-electron chi connectivity index (χ0n) is 17.9. The summed E-state index contributed by atoms with van der Waals surface area (Å²) in [7, 11) is -4.03. The lowest BCUT2D eigenvalue weighted by molar-refractivity contribution is -0.667. The molecule has 0 aliphatic carbocycles. The van der Waals surface area contributed by atoms with Gasteiger partial charge < -0.3 is 10.5 Å². The van der Waals surface area contributed by atoms with Gasteiger partial charge in [-0.3, -0.25) is 9.20 Å². The highest BCUT2D eigenvalue weighted by molar-refractivity contribution is 7.91. The number of nitrogens with zero attached hydrogens (tertiary/aromatic N) is 3. The van der Waals surface area contributed by atoms with Gasteiger partial charge >= 0.3 is 0 Å². The molecule has 5 rings (SSSR count). The van der Waals surface area contributed by atoms with Gasteiger partial charge in [0.2, 0.25) is 21.3 Å². The lowest BCUT2D eigenvalue weighted by Crippen LogP contribution is -2.45. The Morgan fingerprint density at radius 2 is 2.03 bits per heavy atom. The number of pyridine rings is 2. The Labute approximate surface area is 195 Å². The van der Waals surface area contributed by atoms with Gasteiger partial charge in [-0.15, -0.1) is 0 Å². The Bertz CT molecular complexity index is 1560. The SMILES string of the molecule is Cc1cccn2c(=O)c3cc(S(=O)(=O)c4ccc(Cl)cc4)c(N)[n+](C[C@H]4CCCO4)c3nc12. The minimum Gasteiger partial charge on any atom is -0.375 e. The highest BCUT2D eigenvalue weighted by Crippen LogP contribution is 2.28. The first kappa shape index (κ1) is 21.8. The lowest BCUT2D eigenvalue weighted by Gasteiger charge is -2.15. The van der Waals surface area contributed by atoms with Crippen LogP contribution in [-0.2, 0) is 21.1 Å². The predicted molar refractivity (Wildman–Crippen MR) is 124 cm³/mol. The van der Waals surface area contributed by atoms with Crippen molar-refractivity contribution in [1.82, 2.24) is 9.38 Å². The van der Waals surface area contributed by atoms with E-state index in [2.05, 4.69) is 0 Å². The van der Waals surface area contributed by atoms with Crippen LogP contribution in [-0.4, -0.2) is 30.5 Å². The molecule has 1 fully saturated rings. The number of hydrogen-bond acceptors (Lipinski definition) is 6. The molecule has 10 heteroatoms. The van der Waals surface area contributed by atoms with Gasteiger partial charge in [0.1, 0.15) is 10.3 Å². The minimum absolute atomic E-state index is 0.0118. The fraction of sp³-hybridized carbons (Fsp3) is 0.261. The first-order valence-corrected chi connectivity index (χ1v) is 12.4. The highest BCUT2D eigenvalue weighted by atomic mass is 35.5. The maximum absolute atomic E-state index is 13.5. The van der Waals surface area contributed by atoms with Gasteiger partial charge in [0.05, 0.1) is 17.5 Å². The molecule has 0 radical (unpaired) electrons. The monoisotopic (exact) mass is 485 g/mol. The van der Waals surface area contributed by atoms with Crippen molar-refractivity contribution in [1.29, 1.82) is 0 Å². The molecule has 1 aromatic carbocycles. The molecule has 0 bridgehead atoms. The van der Waals surface area contributed by atoms with E-state index in [1.165, 1.54) is 34.7 Å². The highest BCUT2D eigenvalue weighted by Gasteiger charge is 2.31. The zero-order valence-corrected chi connectivity index (χ0v) is 19.4. The molecule has 170 valence electrons. The van der Waals surface area contributed by atoms with E-state index in [9.17, 15) is 13.2 Å². The molecular formula is C23H22ClN4O4S+. The second-order valence-corrected chi connectivity index (χ2v) is 10.5. The number of nitrogen functional groups attached to an aromatic ring is 1. The molecular weight excluding hydrogens is 464 g/mol. The van der Waals surface area contributed by atoms with Crippen LogP contribution >= 0.6 is 11.6 Å². The van der Waals surface area contributed by atoms with Gasteiger partial charge in [-0.05, 0) is 56.2 Å². The van der Waals surface area contributed by atoms with Gasteiger partial charge in [0, 0.05) is 23.4 Å². The third-order valence-corrected chi connectivity index (χ3v) is 8.01. The van der Waals surface area contributed by atoms with E-state index in [1.807, 2.05) is 13.0 Å². The molecule has 4 aromatic rings. The van der Waals surface area contributed by atoms with E-state index >= 15 is 0 Å². The van der Waals surface area contributed by atoms with Crippen LogP contribution in [0.3, 0.4) is 0 Å². The Hall–Kier alpha value is -3.01. The fourth-order valence-electron chi connectivity index (χ4n) is 4.22. The second kappa shape index (κ2) is 8.09. The van der Waals surface area contributed by atoms with E-state index in [1.54, 1.807) is 16.8 Å². The van der Waals surface area contributed by atoms with Gasteiger partial charge in [-0.25, -0.2) is 13.0 Å². The van der Waals surface area contributed by atoms with E-state index in [4.69, 9.17) is 27.1 Å². The van der Waals surface area contributed by atoms with E-state index in [-0.39, 0.29) is 32.7 Å². The first-order valence-electron chi connectivity index (χ1n) is 10.5. The van der Waals surface area contributed by atoms with Crippen molar-refractivity contribution < 1.29 is 17.7 Å². The molecule has 0 amide bonds. The third kappa shape index (κ3) is 3.66. The van der Waals surface area contributed by atoms with Crippen LogP contribution in [0.15, 0.2) is 63.2 Å². The van der Waals surface area contributed by atoms with Crippen molar-refractivity contribution >= 4 is 43.9 Å². The smallest absolute Gasteiger partial charge is 0.278 e. The van der Waals surface area contributed by atoms with Crippen LogP contribution in [0.25, 0.3) is 16.7 Å². The normalized spacial score (nSPS) is 16.6. The quantitative estimate of drug-likeness (QED) is 0.352. The Morgan fingerprint density at radius 3 is 2.73 bits per heavy atom. The van der Waals surface area contributed by atoms with Crippen molar-refractivity contribution in [3.8, 4) is 0 Å². The topological polar surface area (TPSA) is 108 Å². The maximum Gasteiger partial charge on any atom is 0.278 e. The van der Waals surface area contributed by atoms with Crippen LogP contribution in [0.2, 0.25) is 5.02 Å². The van der Waals surface area contributed by atoms with Crippen LogP contribution in [0.1, 0.15) is 18.4 Å².